The number of nitrogens with two attached hydrogens (primary N) is 1. The average molecular weight is 371 g/mol. The lowest BCUT2D eigenvalue weighted by Gasteiger charge is -2.26. The number of carbonyl (C=O) groups is 1. The summed E-state index contributed by atoms with van der Waals surface area (Å²) in [6, 6.07) is 1.17. The lowest BCUT2D eigenvalue weighted by molar-refractivity contribution is 0.0382. The van der Waals surface area contributed by atoms with Crippen molar-refractivity contribution in [1.29, 1.82) is 0 Å². The number of nitrogen functional groups attached to an aromatic ring is 1. The first-order valence-corrected chi connectivity index (χ1v) is 8.45. The molecule has 1 fully saturated rings. The normalized spacial score (nSPS) is 15.4. The number of carboxylic acid groups (broad SMARTS) is 1. The molecule has 4 rings (SSSR count). The molecule has 27 heavy (non-hydrogen) atoms. The van der Waals surface area contributed by atoms with Crippen molar-refractivity contribution < 1.29 is 19.1 Å². The SMILES string of the molecule is Nc1nc2oc3cnc(CCN4CCOCC4)nc3c(=O)c2cc1C(=O)O. The van der Waals surface area contributed by atoms with Gasteiger partial charge in [0, 0.05) is 26.1 Å². The minimum atomic E-state index is -1.27. The van der Waals surface area contributed by atoms with Crippen LogP contribution < -0.4 is 11.2 Å². The van der Waals surface area contributed by atoms with Gasteiger partial charge in [0.1, 0.15) is 17.2 Å². The number of ether oxygens (including phenoxy) is 1. The van der Waals surface area contributed by atoms with Crippen LogP contribution in [0.1, 0.15) is 16.2 Å². The molecular weight excluding hydrogens is 354 g/mol. The Morgan fingerprint density at radius 2 is 2.07 bits per heavy atom. The van der Waals surface area contributed by atoms with E-state index in [1.165, 1.54) is 12.3 Å². The second-order valence-electron chi connectivity index (χ2n) is 6.21. The highest BCUT2D eigenvalue weighted by Gasteiger charge is 2.17. The molecule has 10 heteroatoms. The summed E-state index contributed by atoms with van der Waals surface area (Å²) in [5, 5.41) is 9.20. The lowest BCUT2D eigenvalue weighted by Crippen LogP contribution is -2.37. The van der Waals surface area contributed by atoms with Gasteiger partial charge in [0.05, 0.1) is 24.8 Å². The molecule has 10 nitrogen and oxygen atoms in total. The Labute approximate surface area is 152 Å². The maximum absolute atomic E-state index is 12.8. The number of hydrogen-bond donors (Lipinski definition) is 2. The van der Waals surface area contributed by atoms with Crippen LogP contribution in [0, 0.1) is 0 Å². The van der Waals surface area contributed by atoms with E-state index in [9.17, 15) is 14.7 Å². The van der Waals surface area contributed by atoms with E-state index in [1.54, 1.807) is 0 Å². The lowest BCUT2D eigenvalue weighted by atomic mass is 10.2. The number of anilines is 1. The van der Waals surface area contributed by atoms with Crippen molar-refractivity contribution in [2.75, 3.05) is 38.6 Å². The molecule has 1 aliphatic rings. The molecule has 0 atom stereocenters. The molecule has 0 amide bonds. The van der Waals surface area contributed by atoms with Gasteiger partial charge in [-0.15, -0.1) is 0 Å². The Morgan fingerprint density at radius 3 is 2.81 bits per heavy atom. The maximum Gasteiger partial charge on any atom is 0.339 e. The first kappa shape index (κ1) is 17.3. The number of nitrogens with zero attached hydrogens (tertiary/aromatic N) is 4. The predicted octanol–water partition coefficient (Wildman–Crippen LogP) is 0.286. The Morgan fingerprint density at radius 1 is 1.30 bits per heavy atom. The van der Waals surface area contributed by atoms with E-state index >= 15 is 0 Å². The molecule has 0 spiro atoms. The zero-order valence-corrected chi connectivity index (χ0v) is 14.3. The van der Waals surface area contributed by atoms with Gasteiger partial charge in [-0.1, -0.05) is 0 Å². The van der Waals surface area contributed by atoms with Crippen LogP contribution in [0.15, 0.2) is 21.5 Å². The summed E-state index contributed by atoms with van der Waals surface area (Å²) in [5.41, 5.74) is 5.13. The molecular formula is C17H17N5O5. The minimum Gasteiger partial charge on any atom is -0.478 e. The molecule has 1 saturated heterocycles. The van der Waals surface area contributed by atoms with Crippen molar-refractivity contribution >= 4 is 34.0 Å². The summed E-state index contributed by atoms with van der Waals surface area (Å²) in [7, 11) is 0. The standard InChI is InChI=1S/C17H17N5O5/c18-15-10(17(24)25)7-9-14(23)13-11(27-16(9)21-15)8-19-12(20-13)1-2-22-3-5-26-6-4-22/h7-8H,1-6H2,(H2,18,21)(H,24,25). The highest BCUT2D eigenvalue weighted by molar-refractivity contribution is 5.97. The van der Waals surface area contributed by atoms with Gasteiger partial charge in [-0.25, -0.2) is 14.8 Å². The minimum absolute atomic E-state index is 0.0203. The summed E-state index contributed by atoms with van der Waals surface area (Å²) in [6.45, 7) is 3.87. The summed E-state index contributed by atoms with van der Waals surface area (Å²) in [5.74, 6) is -0.974. The number of aromatic carboxylic acids is 1. The van der Waals surface area contributed by atoms with Crippen LogP contribution in [0.3, 0.4) is 0 Å². The van der Waals surface area contributed by atoms with E-state index in [4.69, 9.17) is 14.9 Å². The zero-order chi connectivity index (χ0) is 19.0. The van der Waals surface area contributed by atoms with Gasteiger partial charge in [-0.05, 0) is 6.07 Å². The van der Waals surface area contributed by atoms with E-state index < -0.39 is 11.4 Å². The zero-order valence-electron chi connectivity index (χ0n) is 14.3. The maximum atomic E-state index is 12.8. The van der Waals surface area contributed by atoms with Crippen molar-refractivity contribution in [2.24, 2.45) is 0 Å². The fourth-order valence-corrected chi connectivity index (χ4v) is 3.00. The Hall–Kier alpha value is -3.11. The monoisotopic (exact) mass is 371 g/mol. The van der Waals surface area contributed by atoms with Gasteiger partial charge in [0.2, 0.25) is 11.1 Å². The van der Waals surface area contributed by atoms with Gasteiger partial charge < -0.3 is 20.0 Å². The summed E-state index contributed by atoms with van der Waals surface area (Å²) in [6.07, 6.45) is 2.01. The molecule has 0 aromatic carbocycles. The molecule has 140 valence electrons. The number of aromatic nitrogens is 3. The second kappa shape index (κ2) is 6.89. The van der Waals surface area contributed by atoms with Crippen LogP contribution in [0.5, 0.6) is 0 Å². The number of pyridine rings is 1. The van der Waals surface area contributed by atoms with Crippen LogP contribution in [0.2, 0.25) is 0 Å². The topological polar surface area (TPSA) is 145 Å². The molecule has 0 saturated carbocycles. The average Bonchev–Trinajstić information content (AvgIpc) is 2.67. The van der Waals surface area contributed by atoms with E-state index in [1.807, 2.05) is 0 Å². The number of fused-ring (bicyclic) bond motifs is 2. The fraction of sp³-hybridized carbons (Fsp3) is 0.353. The van der Waals surface area contributed by atoms with E-state index in [0.29, 0.717) is 25.5 Å². The smallest absolute Gasteiger partial charge is 0.339 e. The first-order valence-electron chi connectivity index (χ1n) is 8.45. The van der Waals surface area contributed by atoms with Gasteiger partial charge in [0.25, 0.3) is 0 Å². The molecule has 0 unspecified atom stereocenters. The van der Waals surface area contributed by atoms with E-state index in [-0.39, 0.29) is 33.6 Å². The number of hydrogen-bond acceptors (Lipinski definition) is 9. The highest BCUT2D eigenvalue weighted by atomic mass is 16.5. The van der Waals surface area contributed by atoms with Crippen LogP contribution in [-0.4, -0.2) is 63.8 Å². The van der Waals surface area contributed by atoms with Gasteiger partial charge in [-0.3, -0.25) is 9.69 Å². The summed E-state index contributed by atoms with van der Waals surface area (Å²) in [4.78, 5) is 38.7. The van der Waals surface area contributed by atoms with Gasteiger partial charge in [0.15, 0.2) is 11.1 Å². The van der Waals surface area contributed by atoms with Crippen molar-refractivity contribution in [2.45, 2.75) is 6.42 Å². The van der Waals surface area contributed by atoms with Crippen molar-refractivity contribution in [3.63, 3.8) is 0 Å². The Bertz CT molecular complexity index is 1090. The second-order valence-corrected chi connectivity index (χ2v) is 6.21. The first-order chi connectivity index (χ1) is 13.0. The molecule has 0 radical (unpaired) electrons. The molecule has 0 aliphatic carbocycles. The summed E-state index contributed by atoms with van der Waals surface area (Å²) >= 11 is 0. The summed E-state index contributed by atoms with van der Waals surface area (Å²) < 4.78 is 10.9. The van der Waals surface area contributed by atoms with Gasteiger partial charge in [-0.2, -0.15) is 4.98 Å². The molecule has 3 N–H and O–H groups in total. The largest absolute Gasteiger partial charge is 0.478 e. The Balaban J connectivity index is 1.72. The molecule has 0 bridgehead atoms. The van der Waals surface area contributed by atoms with Crippen LogP contribution >= 0.6 is 0 Å². The van der Waals surface area contributed by atoms with Crippen molar-refractivity contribution in [1.82, 2.24) is 19.9 Å². The fourth-order valence-electron chi connectivity index (χ4n) is 3.00. The van der Waals surface area contributed by atoms with Crippen LogP contribution in [0.25, 0.3) is 22.2 Å². The van der Waals surface area contributed by atoms with Gasteiger partial charge >= 0.3 is 5.97 Å². The highest BCUT2D eigenvalue weighted by Crippen LogP contribution is 2.20. The number of rotatable bonds is 4. The van der Waals surface area contributed by atoms with Crippen LogP contribution in [-0.2, 0) is 11.2 Å². The molecule has 3 aromatic rings. The number of carboxylic acids is 1. The predicted molar refractivity (Wildman–Crippen MR) is 95.7 cm³/mol. The third-order valence-electron chi connectivity index (χ3n) is 4.47. The van der Waals surface area contributed by atoms with E-state index in [0.717, 1.165) is 19.6 Å². The Kier molecular flexibility index (Phi) is 4.42. The third-order valence-corrected chi connectivity index (χ3v) is 4.47. The number of morpholine rings is 1. The van der Waals surface area contributed by atoms with Crippen molar-refractivity contribution in [3.05, 3.63) is 33.9 Å². The van der Waals surface area contributed by atoms with Crippen molar-refractivity contribution in [3.8, 4) is 0 Å². The van der Waals surface area contributed by atoms with E-state index in [2.05, 4.69) is 19.9 Å². The molecule has 4 heterocycles. The molecule has 3 aromatic heterocycles. The third kappa shape index (κ3) is 3.32. The molecule has 1 aliphatic heterocycles. The van der Waals surface area contributed by atoms with Crippen LogP contribution in [0.4, 0.5) is 5.82 Å². The quantitative estimate of drug-likeness (QED) is 0.614.